The normalized spacial score (nSPS) is 21.1. The SMILES string of the molecule is CC(C)N(CC(N)=NO)C(=O)CC1CCCCO1. The van der Waals surface area contributed by atoms with E-state index in [0.717, 1.165) is 25.9 Å². The van der Waals surface area contributed by atoms with E-state index in [9.17, 15) is 4.79 Å². The first-order chi connectivity index (χ1) is 8.54. The van der Waals surface area contributed by atoms with E-state index in [-0.39, 0.29) is 30.4 Å². The summed E-state index contributed by atoms with van der Waals surface area (Å²) in [6, 6.07) is 0.0152. The first kappa shape index (κ1) is 14.8. The molecule has 18 heavy (non-hydrogen) atoms. The van der Waals surface area contributed by atoms with Gasteiger partial charge in [-0.2, -0.15) is 0 Å². The van der Waals surface area contributed by atoms with Crippen molar-refractivity contribution in [3.63, 3.8) is 0 Å². The molecule has 0 radical (unpaired) electrons. The number of amidine groups is 1. The zero-order chi connectivity index (χ0) is 13.5. The number of oxime groups is 1. The van der Waals surface area contributed by atoms with E-state index >= 15 is 0 Å². The van der Waals surface area contributed by atoms with Crippen molar-refractivity contribution in [3.8, 4) is 0 Å². The van der Waals surface area contributed by atoms with Gasteiger partial charge in [0.05, 0.1) is 19.1 Å². The van der Waals surface area contributed by atoms with E-state index in [0.29, 0.717) is 6.42 Å². The molecule has 1 unspecified atom stereocenters. The Bertz CT molecular complexity index is 299. The predicted molar refractivity (Wildman–Crippen MR) is 68.5 cm³/mol. The molecular weight excluding hydrogens is 234 g/mol. The van der Waals surface area contributed by atoms with Crippen LogP contribution in [0.15, 0.2) is 5.16 Å². The van der Waals surface area contributed by atoms with Gasteiger partial charge in [0.25, 0.3) is 0 Å². The van der Waals surface area contributed by atoms with Gasteiger partial charge in [0, 0.05) is 12.6 Å². The first-order valence-electron chi connectivity index (χ1n) is 6.42. The van der Waals surface area contributed by atoms with Crippen molar-refractivity contribution >= 4 is 11.7 Å². The van der Waals surface area contributed by atoms with Gasteiger partial charge in [0.2, 0.25) is 5.91 Å². The van der Waals surface area contributed by atoms with Crippen molar-refractivity contribution in [2.45, 2.75) is 51.7 Å². The van der Waals surface area contributed by atoms with Crippen molar-refractivity contribution in [2.24, 2.45) is 10.9 Å². The Hall–Kier alpha value is -1.30. The third-order valence-electron chi connectivity index (χ3n) is 3.08. The van der Waals surface area contributed by atoms with Crippen LogP contribution in [0.1, 0.15) is 39.5 Å². The molecule has 6 nitrogen and oxygen atoms in total. The van der Waals surface area contributed by atoms with Gasteiger partial charge in [-0.05, 0) is 33.1 Å². The van der Waals surface area contributed by atoms with E-state index in [1.165, 1.54) is 0 Å². The van der Waals surface area contributed by atoms with Gasteiger partial charge >= 0.3 is 0 Å². The number of hydrogen-bond acceptors (Lipinski definition) is 4. The Kier molecular flexibility index (Phi) is 5.91. The highest BCUT2D eigenvalue weighted by molar-refractivity contribution is 5.87. The van der Waals surface area contributed by atoms with Crippen LogP contribution in [0.4, 0.5) is 0 Å². The highest BCUT2D eigenvalue weighted by atomic mass is 16.5. The summed E-state index contributed by atoms with van der Waals surface area (Å²) >= 11 is 0. The average Bonchev–Trinajstić information content (AvgIpc) is 2.36. The molecule has 0 aromatic carbocycles. The second-order valence-electron chi connectivity index (χ2n) is 4.90. The number of carbonyl (C=O) groups excluding carboxylic acids is 1. The standard InChI is InChI=1S/C12H23N3O3/c1-9(2)15(8-11(13)14-17)12(16)7-10-5-3-4-6-18-10/h9-10,17H,3-8H2,1-2H3,(H2,13,14). The van der Waals surface area contributed by atoms with Crippen molar-refractivity contribution in [3.05, 3.63) is 0 Å². The van der Waals surface area contributed by atoms with Gasteiger partial charge in [0.1, 0.15) is 0 Å². The average molecular weight is 257 g/mol. The highest BCUT2D eigenvalue weighted by Gasteiger charge is 2.23. The zero-order valence-electron chi connectivity index (χ0n) is 11.1. The van der Waals surface area contributed by atoms with Gasteiger partial charge in [-0.15, -0.1) is 0 Å². The maximum Gasteiger partial charge on any atom is 0.225 e. The molecule has 3 N–H and O–H groups in total. The van der Waals surface area contributed by atoms with E-state index in [1.807, 2.05) is 13.8 Å². The summed E-state index contributed by atoms with van der Waals surface area (Å²) in [4.78, 5) is 13.8. The molecule has 1 aliphatic rings. The van der Waals surface area contributed by atoms with E-state index in [1.54, 1.807) is 4.90 Å². The fraction of sp³-hybridized carbons (Fsp3) is 0.833. The molecule has 0 spiro atoms. The molecule has 0 bridgehead atoms. The van der Waals surface area contributed by atoms with Crippen molar-refractivity contribution in [1.82, 2.24) is 4.90 Å². The lowest BCUT2D eigenvalue weighted by atomic mass is 10.1. The van der Waals surface area contributed by atoms with E-state index in [4.69, 9.17) is 15.7 Å². The Morgan fingerprint density at radius 1 is 1.56 bits per heavy atom. The summed E-state index contributed by atoms with van der Waals surface area (Å²) in [7, 11) is 0. The number of ether oxygens (including phenoxy) is 1. The molecule has 1 rings (SSSR count). The Labute approximate surface area is 108 Å². The minimum absolute atomic E-state index is 0.0106. The molecule has 104 valence electrons. The van der Waals surface area contributed by atoms with Crippen LogP contribution in [-0.2, 0) is 9.53 Å². The third-order valence-corrected chi connectivity index (χ3v) is 3.08. The summed E-state index contributed by atoms with van der Waals surface area (Å²) in [5, 5.41) is 11.5. The number of amides is 1. The number of nitrogens with two attached hydrogens (primary N) is 1. The molecule has 1 heterocycles. The van der Waals surface area contributed by atoms with Gasteiger partial charge in [0.15, 0.2) is 5.84 Å². The summed E-state index contributed by atoms with van der Waals surface area (Å²) in [5.41, 5.74) is 5.46. The van der Waals surface area contributed by atoms with Crippen LogP contribution in [0.5, 0.6) is 0 Å². The number of hydrogen-bond donors (Lipinski definition) is 2. The van der Waals surface area contributed by atoms with Crippen LogP contribution in [0, 0.1) is 0 Å². The molecule has 0 aromatic rings. The minimum Gasteiger partial charge on any atom is -0.409 e. The topological polar surface area (TPSA) is 88.1 Å². The summed E-state index contributed by atoms with van der Waals surface area (Å²) in [6.07, 6.45) is 3.50. The molecule has 1 amide bonds. The van der Waals surface area contributed by atoms with Crippen LogP contribution in [0.25, 0.3) is 0 Å². The molecule has 0 aromatic heterocycles. The van der Waals surface area contributed by atoms with Gasteiger partial charge in [-0.3, -0.25) is 4.79 Å². The monoisotopic (exact) mass is 257 g/mol. The molecule has 1 fully saturated rings. The fourth-order valence-corrected chi connectivity index (χ4v) is 2.05. The van der Waals surface area contributed by atoms with Gasteiger partial charge < -0.3 is 20.6 Å². The molecule has 6 heteroatoms. The summed E-state index contributed by atoms with van der Waals surface area (Å²) in [6.45, 7) is 4.70. The second-order valence-corrected chi connectivity index (χ2v) is 4.90. The quantitative estimate of drug-likeness (QED) is 0.332. The Balaban J connectivity index is 2.53. The maximum absolute atomic E-state index is 12.2. The third kappa shape index (κ3) is 4.52. The smallest absolute Gasteiger partial charge is 0.225 e. The lowest BCUT2D eigenvalue weighted by molar-refractivity contribution is -0.136. The van der Waals surface area contributed by atoms with Crippen LogP contribution in [-0.4, -0.2) is 47.1 Å². The predicted octanol–water partition coefficient (Wildman–Crippen LogP) is 0.929. The molecule has 0 saturated carbocycles. The molecular formula is C12H23N3O3. The van der Waals surface area contributed by atoms with E-state index < -0.39 is 0 Å². The number of rotatable bonds is 5. The number of carbonyl (C=O) groups is 1. The van der Waals surface area contributed by atoms with Crippen molar-refractivity contribution in [1.29, 1.82) is 0 Å². The van der Waals surface area contributed by atoms with Crippen LogP contribution in [0.2, 0.25) is 0 Å². The fourth-order valence-electron chi connectivity index (χ4n) is 2.05. The lowest BCUT2D eigenvalue weighted by Crippen LogP contribution is -2.44. The maximum atomic E-state index is 12.2. The minimum atomic E-state index is -0.0106. The highest BCUT2D eigenvalue weighted by Crippen LogP contribution is 2.17. The van der Waals surface area contributed by atoms with Crippen LogP contribution < -0.4 is 5.73 Å². The van der Waals surface area contributed by atoms with Crippen molar-refractivity contribution < 1.29 is 14.7 Å². The summed E-state index contributed by atoms with van der Waals surface area (Å²) in [5.74, 6) is 0.0325. The summed E-state index contributed by atoms with van der Waals surface area (Å²) < 4.78 is 5.55. The lowest BCUT2D eigenvalue weighted by Gasteiger charge is -2.29. The Morgan fingerprint density at radius 3 is 2.78 bits per heavy atom. The number of nitrogens with zero attached hydrogens (tertiary/aromatic N) is 2. The molecule has 1 atom stereocenters. The molecule has 1 saturated heterocycles. The van der Waals surface area contributed by atoms with Gasteiger partial charge in [-0.25, -0.2) is 0 Å². The Morgan fingerprint density at radius 2 is 2.28 bits per heavy atom. The first-order valence-corrected chi connectivity index (χ1v) is 6.42. The second kappa shape index (κ2) is 7.20. The molecule has 0 aliphatic carbocycles. The van der Waals surface area contributed by atoms with Crippen LogP contribution >= 0.6 is 0 Å². The van der Waals surface area contributed by atoms with E-state index in [2.05, 4.69) is 5.16 Å². The zero-order valence-corrected chi connectivity index (χ0v) is 11.1. The van der Waals surface area contributed by atoms with Crippen molar-refractivity contribution in [2.75, 3.05) is 13.2 Å². The largest absolute Gasteiger partial charge is 0.409 e. The van der Waals surface area contributed by atoms with Gasteiger partial charge in [-0.1, -0.05) is 5.16 Å². The molecule has 1 aliphatic heterocycles. The van der Waals surface area contributed by atoms with Crippen LogP contribution in [0.3, 0.4) is 0 Å².